The summed E-state index contributed by atoms with van der Waals surface area (Å²) in [6, 6.07) is 10.4. The normalized spacial score (nSPS) is 10.3. The van der Waals surface area contributed by atoms with E-state index < -0.39 is 0 Å². The lowest BCUT2D eigenvalue weighted by atomic mass is 10.2. The van der Waals surface area contributed by atoms with Gasteiger partial charge in [-0.25, -0.2) is 0 Å². The quantitative estimate of drug-likeness (QED) is 0.749. The molecule has 0 bridgehead atoms. The fraction of sp³-hybridized carbons (Fsp3) is 0. The molecule has 2 aromatic carbocycles. The van der Waals surface area contributed by atoms with Gasteiger partial charge in [0.25, 0.3) is 0 Å². The fourth-order valence-electron chi connectivity index (χ4n) is 1.41. The first-order valence-corrected chi connectivity index (χ1v) is 7.15. The third-order valence-corrected chi connectivity index (χ3v) is 3.73. The number of benzene rings is 2. The van der Waals surface area contributed by atoms with Crippen LogP contribution in [-0.4, -0.2) is 4.99 Å². The number of halogens is 3. The van der Waals surface area contributed by atoms with Crippen molar-refractivity contribution >= 4 is 56.3 Å². The number of ether oxygens (including phenoxy) is 1. The molecular formula is C13H8BrCl2NOS. The molecule has 0 spiro atoms. The van der Waals surface area contributed by atoms with Crippen molar-refractivity contribution < 1.29 is 4.74 Å². The fourth-order valence-corrected chi connectivity index (χ4v) is 2.32. The van der Waals surface area contributed by atoms with Crippen LogP contribution < -0.4 is 10.5 Å². The molecule has 6 heteroatoms. The molecular weight excluding hydrogens is 369 g/mol. The average molecular weight is 377 g/mol. The summed E-state index contributed by atoms with van der Waals surface area (Å²) in [6.45, 7) is 0. The van der Waals surface area contributed by atoms with E-state index in [4.69, 9.17) is 45.9 Å². The summed E-state index contributed by atoms with van der Waals surface area (Å²) < 4.78 is 6.44. The number of hydrogen-bond donors (Lipinski definition) is 1. The van der Waals surface area contributed by atoms with Crippen molar-refractivity contribution in [1.29, 1.82) is 0 Å². The highest BCUT2D eigenvalue weighted by atomic mass is 79.9. The van der Waals surface area contributed by atoms with Crippen LogP contribution in [0.3, 0.4) is 0 Å². The molecule has 0 saturated heterocycles. The van der Waals surface area contributed by atoms with E-state index in [1.165, 1.54) is 0 Å². The molecule has 2 rings (SSSR count). The van der Waals surface area contributed by atoms with Crippen molar-refractivity contribution in [2.24, 2.45) is 5.73 Å². The van der Waals surface area contributed by atoms with E-state index >= 15 is 0 Å². The SMILES string of the molecule is NC(=S)c1ccc(Oc2cc(Cl)ccc2Cl)c(Br)c1. The molecule has 0 aliphatic heterocycles. The molecule has 0 aliphatic carbocycles. The Kier molecular flexibility index (Phi) is 4.68. The Labute approximate surface area is 134 Å². The molecule has 98 valence electrons. The van der Waals surface area contributed by atoms with Gasteiger partial charge in [0.05, 0.1) is 9.50 Å². The van der Waals surface area contributed by atoms with Gasteiger partial charge in [-0.15, -0.1) is 0 Å². The first-order valence-electron chi connectivity index (χ1n) is 5.19. The van der Waals surface area contributed by atoms with Crippen LogP contribution in [0.1, 0.15) is 5.56 Å². The van der Waals surface area contributed by atoms with Crippen LogP contribution in [0.15, 0.2) is 40.9 Å². The van der Waals surface area contributed by atoms with Gasteiger partial charge in [0.2, 0.25) is 0 Å². The minimum Gasteiger partial charge on any atom is -0.455 e. The summed E-state index contributed by atoms with van der Waals surface area (Å²) in [7, 11) is 0. The molecule has 0 aromatic heterocycles. The average Bonchev–Trinajstić information content (AvgIpc) is 2.36. The van der Waals surface area contributed by atoms with Crippen LogP contribution in [0.5, 0.6) is 11.5 Å². The minimum absolute atomic E-state index is 0.327. The predicted octanol–water partition coefficient (Wildman–Crippen LogP) is 5.18. The summed E-state index contributed by atoms with van der Waals surface area (Å²) >= 11 is 20.3. The van der Waals surface area contributed by atoms with Gasteiger partial charge in [-0.1, -0.05) is 35.4 Å². The van der Waals surface area contributed by atoms with Crippen LogP contribution in [0.2, 0.25) is 10.0 Å². The maximum Gasteiger partial charge on any atom is 0.147 e. The van der Waals surface area contributed by atoms with E-state index in [0.717, 1.165) is 10.0 Å². The zero-order valence-corrected chi connectivity index (χ0v) is 13.4. The number of rotatable bonds is 3. The maximum absolute atomic E-state index is 6.04. The molecule has 2 N–H and O–H groups in total. The zero-order chi connectivity index (χ0) is 14.0. The van der Waals surface area contributed by atoms with Gasteiger partial charge in [0, 0.05) is 16.7 Å². The molecule has 2 nitrogen and oxygen atoms in total. The largest absolute Gasteiger partial charge is 0.455 e. The highest BCUT2D eigenvalue weighted by molar-refractivity contribution is 9.10. The maximum atomic E-state index is 6.04. The summed E-state index contributed by atoms with van der Waals surface area (Å²) in [5, 5.41) is 1.03. The molecule has 0 fully saturated rings. The Hall–Kier alpha value is -0.810. The second-order valence-electron chi connectivity index (χ2n) is 3.69. The third kappa shape index (κ3) is 3.60. The Balaban J connectivity index is 2.33. The molecule has 0 unspecified atom stereocenters. The number of hydrogen-bond acceptors (Lipinski definition) is 2. The molecule has 0 amide bonds. The van der Waals surface area contributed by atoms with Crippen LogP contribution >= 0.6 is 51.3 Å². The topological polar surface area (TPSA) is 35.2 Å². The Bertz CT molecular complexity index is 649. The van der Waals surface area contributed by atoms with Gasteiger partial charge in [-0.3, -0.25) is 0 Å². The minimum atomic E-state index is 0.327. The van der Waals surface area contributed by atoms with E-state index in [2.05, 4.69) is 15.9 Å². The summed E-state index contributed by atoms with van der Waals surface area (Å²) in [4.78, 5) is 0.327. The van der Waals surface area contributed by atoms with E-state index in [1.54, 1.807) is 36.4 Å². The smallest absolute Gasteiger partial charge is 0.147 e. The van der Waals surface area contributed by atoms with Crippen molar-refractivity contribution in [3.8, 4) is 11.5 Å². The highest BCUT2D eigenvalue weighted by Crippen LogP contribution is 2.35. The number of thiocarbonyl (C=S) groups is 1. The Morgan fingerprint density at radius 3 is 2.47 bits per heavy atom. The third-order valence-electron chi connectivity index (χ3n) is 2.33. The van der Waals surface area contributed by atoms with Crippen molar-refractivity contribution in [3.63, 3.8) is 0 Å². The molecule has 0 atom stereocenters. The van der Waals surface area contributed by atoms with Crippen LogP contribution in [0.25, 0.3) is 0 Å². The van der Waals surface area contributed by atoms with Crippen LogP contribution in [0, 0.1) is 0 Å². The van der Waals surface area contributed by atoms with Crippen LogP contribution in [-0.2, 0) is 0 Å². The number of nitrogens with two attached hydrogens (primary N) is 1. The molecule has 0 heterocycles. The lowest BCUT2D eigenvalue weighted by Gasteiger charge is -2.10. The van der Waals surface area contributed by atoms with Gasteiger partial charge in [0.15, 0.2) is 0 Å². The van der Waals surface area contributed by atoms with Crippen LogP contribution in [0.4, 0.5) is 0 Å². The monoisotopic (exact) mass is 375 g/mol. The standard InChI is InChI=1S/C13H8BrCl2NOS/c14-9-5-7(13(17)19)1-4-11(9)18-12-6-8(15)2-3-10(12)16/h1-6H,(H2,17,19). The summed E-state index contributed by atoms with van der Waals surface area (Å²) in [5.41, 5.74) is 6.32. The molecule has 2 aromatic rings. The second kappa shape index (κ2) is 6.09. The second-order valence-corrected chi connectivity index (χ2v) is 5.82. The van der Waals surface area contributed by atoms with Gasteiger partial charge in [0.1, 0.15) is 16.5 Å². The van der Waals surface area contributed by atoms with Crippen molar-refractivity contribution in [2.75, 3.05) is 0 Å². The zero-order valence-electron chi connectivity index (χ0n) is 9.49. The first kappa shape index (κ1) is 14.6. The molecule has 19 heavy (non-hydrogen) atoms. The van der Waals surface area contributed by atoms with Gasteiger partial charge in [-0.2, -0.15) is 0 Å². The predicted molar refractivity (Wildman–Crippen MR) is 86.6 cm³/mol. The molecule has 0 aliphatic rings. The lowest BCUT2D eigenvalue weighted by molar-refractivity contribution is 0.480. The van der Waals surface area contributed by atoms with E-state index in [1.807, 2.05) is 0 Å². The van der Waals surface area contributed by atoms with Gasteiger partial charge in [-0.05, 0) is 46.3 Å². The Morgan fingerprint density at radius 2 is 1.84 bits per heavy atom. The highest BCUT2D eigenvalue weighted by Gasteiger charge is 2.08. The van der Waals surface area contributed by atoms with E-state index in [-0.39, 0.29) is 0 Å². The molecule has 0 radical (unpaired) electrons. The Morgan fingerprint density at radius 1 is 1.11 bits per heavy atom. The van der Waals surface area contributed by atoms with Gasteiger partial charge < -0.3 is 10.5 Å². The first-order chi connectivity index (χ1) is 8.97. The van der Waals surface area contributed by atoms with E-state index in [0.29, 0.717) is 26.5 Å². The van der Waals surface area contributed by atoms with E-state index in [9.17, 15) is 0 Å². The van der Waals surface area contributed by atoms with Crippen molar-refractivity contribution in [2.45, 2.75) is 0 Å². The van der Waals surface area contributed by atoms with Gasteiger partial charge >= 0.3 is 0 Å². The lowest BCUT2D eigenvalue weighted by Crippen LogP contribution is -2.09. The van der Waals surface area contributed by atoms with Crippen molar-refractivity contribution in [1.82, 2.24) is 0 Å². The molecule has 0 saturated carbocycles. The summed E-state index contributed by atoms with van der Waals surface area (Å²) in [5.74, 6) is 1.09. The van der Waals surface area contributed by atoms with Crippen molar-refractivity contribution in [3.05, 3.63) is 56.5 Å². The summed E-state index contributed by atoms with van der Waals surface area (Å²) in [6.07, 6.45) is 0.